The third-order valence-corrected chi connectivity index (χ3v) is 4.17. The van der Waals surface area contributed by atoms with Crippen LogP contribution in [0.5, 0.6) is 0 Å². The third kappa shape index (κ3) is 2.14. The summed E-state index contributed by atoms with van der Waals surface area (Å²) in [5, 5.41) is 6.72. The number of likely N-dealkylation sites (N-methyl/N-ethyl adjacent to an activating group) is 2. The Morgan fingerprint density at radius 3 is 2.50 bits per heavy atom. The van der Waals surface area contributed by atoms with Gasteiger partial charge in [0.15, 0.2) is 0 Å². The smallest absolute Gasteiger partial charge is 0.257 e. The van der Waals surface area contributed by atoms with Crippen molar-refractivity contribution in [3.8, 4) is 0 Å². The maximum absolute atomic E-state index is 12.3. The molecule has 0 unspecified atom stereocenters. The Labute approximate surface area is 108 Å². The van der Waals surface area contributed by atoms with Crippen LogP contribution in [0.3, 0.4) is 0 Å². The van der Waals surface area contributed by atoms with Gasteiger partial charge < -0.3 is 9.80 Å². The fraction of sp³-hybridized carbons (Fsp3) is 0.692. The number of aryl methyl sites for hydroxylation is 1. The molecule has 0 aromatic carbocycles. The van der Waals surface area contributed by atoms with E-state index in [4.69, 9.17) is 0 Å². The van der Waals surface area contributed by atoms with Crippen molar-refractivity contribution in [3.63, 3.8) is 0 Å². The average molecular weight is 250 g/mol. The molecular formula is C13H22N4O. The fourth-order valence-electron chi connectivity index (χ4n) is 2.62. The topological polar surface area (TPSA) is 52.2 Å². The van der Waals surface area contributed by atoms with Crippen LogP contribution in [0.4, 0.5) is 0 Å². The van der Waals surface area contributed by atoms with Crippen LogP contribution >= 0.6 is 0 Å². The van der Waals surface area contributed by atoms with Gasteiger partial charge in [0.05, 0.1) is 11.8 Å². The van der Waals surface area contributed by atoms with Gasteiger partial charge in [0, 0.05) is 24.8 Å². The molecule has 2 rings (SSSR count). The number of amides is 1. The van der Waals surface area contributed by atoms with Gasteiger partial charge in [0.1, 0.15) is 0 Å². The number of nitrogens with one attached hydrogen (secondary N) is 1. The van der Waals surface area contributed by atoms with Crippen molar-refractivity contribution < 1.29 is 4.79 Å². The van der Waals surface area contributed by atoms with Crippen LogP contribution < -0.4 is 0 Å². The molecule has 1 saturated carbocycles. The highest BCUT2D eigenvalue weighted by Gasteiger charge is 2.40. The molecule has 1 aromatic heterocycles. The van der Waals surface area contributed by atoms with E-state index in [1.807, 2.05) is 18.9 Å². The van der Waals surface area contributed by atoms with Crippen LogP contribution in [0.25, 0.3) is 0 Å². The summed E-state index contributed by atoms with van der Waals surface area (Å²) >= 11 is 0. The zero-order valence-corrected chi connectivity index (χ0v) is 11.7. The fourth-order valence-corrected chi connectivity index (χ4v) is 2.62. The summed E-state index contributed by atoms with van der Waals surface area (Å²) in [7, 11) is 6.07. The molecule has 0 atom stereocenters. The second kappa shape index (κ2) is 4.72. The zero-order valence-electron chi connectivity index (χ0n) is 11.7. The lowest BCUT2D eigenvalue weighted by Gasteiger charge is -2.49. The number of H-pyrrole nitrogens is 1. The zero-order chi connectivity index (χ0) is 13.3. The SMILES string of the molecule is Cc1[nH]ncc1C(=O)N(C)CC1(N(C)C)CCC1. The molecule has 1 amide bonds. The van der Waals surface area contributed by atoms with Crippen LogP contribution in [0.1, 0.15) is 35.3 Å². The Morgan fingerprint density at radius 2 is 2.11 bits per heavy atom. The molecule has 100 valence electrons. The van der Waals surface area contributed by atoms with Crippen molar-refractivity contribution >= 4 is 5.91 Å². The Morgan fingerprint density at radius 1 is 1.44 bits per heavy atom. The lowest BCUT2D eigenvalue weighted by molar-refractivity contribution is 0.0252. The Bertz CT molecular complexity index is 434. The van der Waals surface area contributed by atoms with E-state index in [-0.39, 0.29) is 11.4 Å². The third-order valence-electron chi connectivity index (χ3n) is 4.17. The van der Waals surface area contributed by atoms with Crippen LogP contribution in [-0.4, -0.2) is 59.1 Å². The van der Waals surface area contributed by atoms with Gasteiger partial charge in [-0.05, 0) is 40.3 Å². The number of hydrogen-bond acceptors (Lipinski definition) is 3. The summed E-state index contributed by atoms with van der Waals surface area (Å²) in [4.78, 5) is 16.4. The molecule has 1 fully saturated rings. The molecule has 1 aliphatic rings. The Kier molecular flexibility index (Phi) is 3.43. The monoisotopic (exact) mass is 250 g/mol. The Balaban J connectivity index is 2.06. The second-order valence-electron chi connectivity index (χ2n) is 5.54. The highest BCUT2D eigenvalue weighted by Crippen LogP contribution is 2.36. The summed E-state index contributed by atoms with van der Waals surface area (Å²) in [6.07, 6.45) is 5.20. The number of aromatic amines is 1. The van der Waals surface area contributed by atoms with Crippen LogP contribution in [0.2, 0.25) is 0 Å². The summed E-state index contributed by atoms with van der Waals surface area (Å²) in [6, 6.07) is 0. The molecule has 1 N–H and O–H groups in total. The number of hydrogen-bond donors (Lipinski definition) is 1. The molecule has 0 aliphatic heterocycles. The van der Waals surface area contributed by atoms with E-state index in [0.29, 0.717) is 5.56 Å². The van der Waals surface area contributed by atoms with Crippen molar-refractivity contribution in [2.45, 2.75) is 31.7 Å². The Hall–Kier alpha value is -1.36. The van der Waals surface area contributed by atoms with Gasteiger partial charge >= 0.3 is 0 Å². The minimum absolute atomic E-state index is 0.0503. The highest BCUT2D eigenvalue weighted by atomic mass is 16.2. The van der Waals surface area contributed by atoms with E-state index >= 15 is 0 Å². The summed E-state index contributed by atoms with van der Waals surface area (Å²) < 4.78 is 0. The second-order valence-corrected chi connectivity index (χ2v) is 5.54. The standard InChI is InChI=1S/C13H22N4O/c1-10-11(8-14-15-10)12(18)17(4)9-13(16(2)3)6-5-7-13/h8H,5-7,9H2,1-4H3,(H,14,15). The van der Waals surface area contributed by atoms with Crippen LogP contribution in [-0.2, 0) is 0 Å². The summed E-state index contributed by atoms with van der Waals surface area (Å²) in [5.41, 5.74) is 1.67. The van der Waals surface area contributed by atoms with Gasteiger partial charge in [0.25, 0.3) is 5.91 Å². The lowest BCUT2D eigenvalue weighted by Crippen LogP contribution is -2.57. The molecule has 0 saturated heterocycles. The maximum Gasteiger partial charge on any atom is 0.257 e. The van der Waals surface area contributed by atoms with Crippen molar-refractivity contribution in [1.29, 1.82) is 0 Å². The largest absolute Gasteiger partial charge is 0.340 e. The molecule has 18 heavy (non-hydrogen) atoms. The lowest BCUT2D eigenvalue weighted by atomic mass is 9.75. The number of nitrogens with zero attached hydrogens (tertiary/aromatic N) is 3. The van der Waals surface area contributed by atoms with Crippen LogP contribution in [0.15, 0.2) is 6.20 Å². The van der Waals surface area contributed by atoms with E-state index in [0.717, 1.165) is 12.2 Å². The highest BCUT2D eigenvalue weighted by molar-refractivity contribution is 5.94. The van der Waals surface area contributed by atoms with Gasteiger partial charge in [0.2, 0.25) is 0 Å². The molecule has 5 nitrogen and oxygen atoms in total. The molecule has 1 aromatic rings. The summed E-state index contributed by atoms with van der Waals surface area (Å²) in [6.45, 7) is 2.66. The van der Waals surface area contributed by atoms with Crippen molar-refractivity contribution in [2.75, 3.05) is 27.7 Å². The van der Waals surface area contributed by atoms with E-state index in [2.05, 4.69) is 29.2 Å². The first kappa shape index (κ1) is 13.1. The maximum atomic E-state index is 12.3. The normalized spacial score (nSPS) is 17.6. The average Bonchev–Trinajstić information content (AvgIpc) is 2.67. The molecule has 1 aliphatic carbocycles. The van der Waals surface area contributed by atoms with Gasteiger partial charge in [-0.25, -0.2) is 0 Å². The predicted molar refractivity (Wildman–Crippen MR) is 70.6 cm³/mol. The van der Waals surface area contributed by atoms with Crippen molar-refractivity contribution in [1.82, 2.24) is 20.0 Å². The number of carbonyl (C=O) groups excluding carboxylic acids is 1. The van der Waals surface area contributed by atoms with Gasteiger partial charge in [-0.3, -0.25) is 9.89 Å². The van der Waals surface area contributed by atoms with Gasteiger partial charge in [-0.2, -0.15) is 5.10 Å². The van der Waals surface area contributed by atoms with E-state index in [9.17, 15) is 4.79 Å². The van der Waals surface area contributed by atoms with Gasteiger partial charge in [-0.15, -0.1) is 0 Å². The molecule has 0 spiro atoms. The van der Waals surface area contributed by atoms with Gasteiger partial charge in [-0.1, -0.05) is 0 Å². The van der Waals surface area contributed by atoms with E-state index in [1.54, 1.807) is 6.20 Å². The number of rotatable bonds is 4. The van der Waals surface area contributed by atoms with E-state index < -0.39 is 0 Å². The van der Waals surface area contributed by atoms with Crippen molar-refractivity contribution in [3.05, 3.63) is 17.5 Å². The summed E-state index contributed by atoms with van der Waals surface area (Å²) in [5.74, 6) is 0.0503. The molecular weight excluding hydrogens is 228 g/mol. The van der Waals surface area contributed by atoms with E-state index in [1.165, 1.54) is 19.3 Å². The quantitative estimate of drug-likeness (QED) is 0.875. The number of aromatic nitrogens is 2. The van der Waals surface area contributed by atoms with Crippen molar-refractivity contribution in [2.24, 2.45) is 0 Å². The molecule has 0 bridgehead atoms. The minimum atomic E-state index is 0.0503. The first-order valence-electron chi connectivity index (χ1n) is 6.39. The number of carbonyl (C=O) groups is 1. The first-order valence-corrected chi connectivity index (χ1v) is 6.39. The minimum Gasteiger partial charge on any atom is -0.340 e. The van der Waals surface area contributed by atoms with Crippen LogP contribution in [0, 0.1) is 6.92 Å². The molecule has 0 radical (unpaired) electrons. The predicted octanol–water partition coefficient (Wildman–Crippen LogP) is 1.27. The molecule has 5 heteroatoms. The molecule has 1 heterocycles. The first-order chi connectivity index (χ1) is 8.46.